The summed E-state index contributed by atoms with van der Waals surface area (Å²) < 4.78 is 0. The monoisotopic (exact) mass is 198 g/mol. The van der Waals surface area contributed by atoms with Crippen LogP contribution >= 0.6 is 0 Å². The van der Waals surface area contributed by atoms with E-state index in [0.717, 1.165) is 19.5 Å². The van der Waals surface area contributed by atoms with Crippen molar-refractivity contribution >= 4 is 11.9 Å². The third-order valence-corrected chi connectivity index (χ3v) is 2.98. The van der Waals surface area contributed by atoms with E-state index in [-0.39, 0.29) is 18.4 Å². The molecule has 0 bridgehead atoms. The molecule has 0 saturated carbocycles. The Morgan fingerprint density at radius 3 is 2.86 bits per heavy atom. The fourth-order valence-corrected chi connectivity index (χ4v) is 2.16. The van der Waals surface area contributed by atoms with Gasteiger partial charge in [-0.05, 0) is 13.0 Å². The second kappa shape index (κ2) is 3.57. The molecule has 2 saturated heterocycles. The van der Waals surface area contributed by atoms with Gasteiger partial charge in [-0.15, -0.1) is 0 Å². The van der Waals surface area contributed by atoms with Crippen molar-refractivity contribution in [3.8, 4) is 0 Å². The van der Waals surface area contributed by atoms with E-state index in [2.05, 4.69) is 5.32 Å². The summed E-state index contributed by atoms with van der Waals surface area (Å²) in [5.74, 6) is -1.36. The molecule has 2 aliphatic rings. The molecule has 0 aromatic carbocycles. The zero-order valence-electron chi connectivity index (χ0n) is 7.90. The second-order valence-electron chi connectivity index (χ2n) is 3.93. The fraction of sp³-hybridized carbons (Fsp3) is 0.778. The summed E-state index contributed by atoms with van der Waals surface area (Å²) in [5, 5.41) is 12.0. The molecule has 0 unspecified atom stereocenters. The van der Waals surface area contributed by atoms with Crippen LogP contribution in [0.25, 0.3) is 0 Å². The molecular formula is C9H14N2O3. The first-order chi connectivity index (χ1) is 6.68. The Balaban J connectivity index is 2.00. The minimum atomic E-state index is -0.855. The molecule has 0 aromatic rings. The lowest BCUT2D eigenvalue weighted by Gasteiger charge is -2.22. The predicted octanol–water partition coefficient (Wildman–Crippen LogP) is -0.719. The molecule has 2 heterocycles. The number of aliphatic carboxylic acids is 1. The van der Waals surface area contributed by atoms with Crippen LogP contribution in [0.5, 0.6) is 0 Å². The van der Waals surface area contributed by atoms with Gasteiger partial charge in [-0.1, -0.05) is 0 Å². The van der Waals surface area contributed by atoms with Crippen LogP contribution in [0.4, 0.5) is 0 Å². The van der Waals surface area contributed by atoms with E-state index in [1.54, 1.807) is 4.90 Å². The topological polar surface area (TPSA) is 69.6 Å². The van der Waals surface area contributed by atoms with Crippen LogP contribution < -0.4 is 5.32 Å². The van der Waals surface area contributed by atoms with Crippen LogP contribution in [-0.2, 0) is 9.59 Å². The minimum Gasteiger partial charge on any atom is -0.481 e. The van der Waals surface area contributed by atoms with Gasteiger partial charge in [0.15, 0.2) is 0 Å². The number of amides is 1. The lowest BCUT2D eigenvalue weighted by atomic mass is 10.1. The van der Waals surface area contributed by atoms with E-state index in [1.165, 1.54) is 0 Å². The first-order valence-corrected chi connectivity index (χ1v) is 4.91. The number of rotatable bonds is 2. The second-order valence-corrected chi connectivity index (χ2v) is 3.93. The van der Waals surface area contributed by atoms with Gasteiger partial charge in [-0.2, -0.15) is 0 Å². The largest absolute Gasteiger partial charge is 0.481 e. The Labute approximate surface area is 82.1 Å². The lowest BCUT2D eigenvalue weighted by Crippen LogP contribution is -2.38. The third-order valence-electron chi connectivity index (χ3n) is 2.98. The summed E-state index contributed by atoms with van der Waals surface area (Å²) in [6.45, 7) is 2.12. The minimum absolute atomic E-state index is 0.00824. The van der Waals surface area contributed by atoms with Gasteiger partial charge in [-0.3, -0.25) is 9.59 Å². The molecule has 0 aliphatic carbocycles. The molecule has 78 valence electrons. The molecule has 2 aliphatic heterocycles. The van der Waals surface area contributed by atoms with Crippen LogP contribution in [0.2, 0.25) is 0 Å². The maximum atomic E-state index is 11.5. The van der Waals surface area contributed by atoms with Crippen LogP contribution in [0.1, 0.15) is 12.8 Å². The maximum Gasteiger partial charge on any atom is 0.308 e. The molecule has 1 amide bonds. The zero-order chi connectivity index (χ0) is 10.1. The average molecular weight is 198 g/mol. The van der Waals surface area contributed by atoms with Gasteiger partial charge in [-0.25, -0.2) is 0 Å². The summed E-state index contributed by atoms with van der Waals surface area (Å²) in [7, 11) is 0. The molecule has 2 fully saturated rings. The number of carbonyl (C=O) groups is 2. The number of nitrogens with one attached hydrogen (secondary N) is 1. The summed E-state index contributed by atoms with van der Waals surface area (Å²) in [6, 6.07) is 0.215. The molecule has 0 radical (unpaired) electrons. The van der Waals surface area contributed by atoms with E-state index in [0.29, 0.717) is 6.54 Å². The highest BCUT2D eigenvalue weighted by Crippen LogP contribution is 2.22. The van der Waals surface area contributed by atoms with Crippen molar-refractivity contribution < 1.29 is 14.7 Å². The molecular weight excluding hydrogens is 184 g/mol. The van der Waals surface area contributed by atoms with Crippen molar-refractivity contribution in [3.05, 3.63) is 0 Å². The van der Waals surface area contributed by atoms with Gasteiger partial charge in [0.2, 0.25) is 5.91 Å². The number of likely N-dealkylation sites (tertiary alicyclic amines) is 1. The number of carboxylic acids is 1. The Hall–Kier alpha value is -1.10. The zero-order valence-corrected chi connectivity index (χ0v) is 7.90. The van der Waals surface area contributed by atoms with Crippen LogP contribution in [0.3, 0.4) is 0 Å². The first-order valence-electron chi connectivity index (χ1n) is 4.91. The van der Waals surface area contributed by atoms with Crippen LogP contribution in [0.15, 0.2) is 0 Å². The van der Waals surface area contributed by atoms with Crippen LogP contribution in [-0.4, -0.2) is 47.6 Å². The molecule has 0 spiro atoms. The van der Waals surface area contributed by atoms with Crippen molar-refractivity contribution in [1.29, 1.82) is 0 Å². The summed E-state index contributed by atoms with van der Waals surface area (Å²) in [6.07, 6.45) is 1.11. The normalized spacial score (nSPS) is 32.6. The Kier molecular flexibility index (Phi) is 2.41. The summed E-state index contributed by atoms with van der Waals surface area (Å²) in [4.78, 5) is 23.9. The Morgan fingerprint density at radius 1 is 1.57 bits per heavy atom. The van der Waals surface area contributed by atoms with Crippen molar-refractivity contribution in [2.75, 3.05) is 19.6 Å². The molecule has 2 atom stereocenters. The van der Waals surface area contributed by atoms with Gasteiger partial charge < -0.3 is 15.3 Å². The van der Waals surface area contributed by atoms with Gasteiger partial charge in [0, 0.05) is 25.6 Å². The summed E-state index contributed by atoms with van der Waals surface area (Å²) >= 11 is 0. The number of nitrogens with zero attached hydrogens (tertiary/aromatic N) is 1. The number of hydrogen-bond donors (Lipinski definition) is 2. The van der Waals surface area contributed by atoms with E-state index >= 15 is 0 Å². The highest BCUT2D eigenvalue weighted by Gasteiger charge is 2.38. The lowest BCUT2D eigenvalue weighted by molar-refractivity contribution is -0.141. The molecule has 2 rings (SSSR count). The highest BCUT2D eigenvalue weighted by molar-refractivity contribution is 5.86. The standard InChI is InChI=1S/C9H14N2O3/c12-8-3-6(9(13)14)5-11(8)7-1-2-10-4-7/h6-7,10H,1-5H2,(H,13,14)/t6-,7-/m0/s1. The third kappa shape index (κ3) is 1.59. The Bertz CT molecular complexity index is 261. The first kappa shape index (κ1) is 9.45. The van der Waals surface area contributed by atoms with Gasteiger partial charge >= 0.3 is 5.97 Å². The van der Waals surface area contributed by atoms with Gasteiger partial charge in [0.1, 0.15) is 0 Å². The van der Waals surface area contributed by atoms with Crippen molar-refractivity contribution in [2.45, 2.75) is 18.9 Å². The van der Waals surface area contributed by atoms with Gasteiger partial charge in [0.05, 0.1) is 5.92 Å². The Morgan fingerprint density at radius 2 is 2.36 bits per heavy atom. The molecule has 5 nitrogen and oxygen atoms in total. The van der Waals surface area contributed by atoms with E-state index in [9.17, 15) is 9.59 Å². The van der Waals surface area contributed by atoms with Crippen molar-refractivity contribution in [2.24, 2.45) is 5.92 Å². The maximum absolute atomic E-state index is 11.5. The predicted molar refractivity (Wildman–Crippen MR) is 48.7 cm³/mol. The molecule has 0 aromatic heterocycles. The number of hydrogen-bond acceptors (Lipinski definition) is 3. The smallest absolute Gasteiger partial charge is 0.308 e. The van der Waals surface area contributed by atoms with Gasteiger partial charge in [0.25, 0.3) is 0 Å². The number of carboxylic acid groups (broad SMARTS) is 1. The SMILES string of the molecule is O=C(O)[C@H]1CC(=O)N([C@H]2CCNC2)C1. The molecule has 5 heteroatoms. The fourth-order valence-electron chi connectivity index (χ4n) is 2.16. The molecule has 2 N–H and O–H groups in total. The van der Waals surface area contributed by atoms with E-state index < -0.39 is 11.9 Å². The van der Waals surface area contributed by atoms with E-state index in [1.807, 2.05) is 0 Å². The average Bonchev–Trinajstić information content (AvgIpc) is 2.71. The van der Waals surface area contributed by atoms with Crippen molar-refractivity contribution in [1.82, 2.24) is 10.2 Å². The van der Waals surface area contributed by atoms with Crippen LogP contribution in [0, 0.1) is 5.92 Å². The molecule has 14 heavy (non-hydrogen) atoms. The van der Waals surface area contributed by atoms with E-state index in [4.69, 9.17) is 5.11 Å². The summed E-state index contributed by atoms with van der Waals surface area (Å²) in [5.41, 5.74) is 0. The van der Waals surface area contributed by atoms with Crippen molar-refractivity contribution in [3.63, 3.8) is 0 Å². The number of carbonyl (C=O) groups excluding carboxylic acids is 1. The highest BCUT2D eigenvalue weighted by atomic mass is 16.4. The quantitative estimate of drug-likeness (QED) is 0.614.